The number of ether oxygens (including phenoxy) is 1. The highest BCUT2D eigenvalue weighted by molar-refractivity contribution is 5.55. The lowest BCUT2D eigenvalue weighted by Gasteiger charge is -2.46. The molecule has 2 aliphatic rings. The van der Waals surface area contributed by atoms with E-state index in [4.69, 9.17) is 4.74 Å². The minimum Gasteiger partial charge on any atom is -0.507 e. The van der Waals surface area contributed by atoms with Crippen molar-refractivity contribution in [1.82, 2.24) is 0 Å². The molecule has 0 bridgehead atoms. The SMILES string of the molecule is Cc1c(O)c(C(C)(C)C)cc2c1CCC1(CCC1)O2. The Morgan fingerprint density at radius 1 is 1.21 bits per heavy atom. The van der Waals surface area contributed by atoms with Gasteiger partial charge in [0.05, 0.1) is 0 Å². The molecular weight excluding hydrogens is 236 g/mol. The Morgan fingerprint density at radius 2 is 1.89 bits per heavy atom. The smallest absolute Gasteiger partial charge is 0.124 e. The lowest BCUT2D eigenvalue weighted by Crippen LogP contribution is -2.45. The van der Waals surface area contributed by atoms with Gasteiger partial charge in [-0.15, -0.1) is 0 Å². The van der Waals surface area contributed by atoms with Gasteiger partial charge in [0.15, 0.2) is 0 Å². The highest BCUT2D eigenvalue weighted by Gasteiger charge is 2.42. The number of fused-ring (bicyclic) bond motifs is 1. The van der Waals surface area contributed by atoms with Crippen molar-refractivity contribution >= 4 is 0 Å². The molecule has 1 heterocycles. The van der Waals surface area contributed by atoms with Crippen LogP contribution in [0.3, 0.4) is 0 Å². The molecule has 3 rings (SSSR count). The van der Waals surface area contributed by atoms with Gasteiger partial charge in [0.2, 0.25) is 0 Å². The van der Waals surface area contributed by atoms with Crippen molar-refractivity contribution in [3.8, 4) is 11.5 Å². The maximum Gasteiger partial charge on any atom is 0.124 e. The summed E-state index contributed by atoms with van der Waals surface area (Å²) in [5.74, 6) is 1.48. The van der Waals surface area contributed by atoms with Gasteiger partial charge in [0, 0.05) is 11.1 Å². The van der Waals surface area contributed by atoms with Gasteiger partial charge in [0.25, 0.3) is 0 Å². The van der Waals surface area contributed by atoms with Crippen LogP contribution in [0.5, 0.6) is 11.5 Å². The van der Waals surface area contributed by atoms with E-state index >= 15 is 0 Å². The van der Waals surface area contributed by atoms with Crippen LogP contribution in [-0.2, 0) is 11.8 Å². The van der Waals surface area contributed by atoms with Gasteiger partial charge >= 0.3 is 0 Å². The van der Waals surface area contributed by atoms with Gasteiger partial charge in [-0.25, -0.2) is 0 Å². The minimum atomic E-state index is -0.0581. The van der Waals surface area contributed by atoms with Crippen molar-refractivity contribution in [3.63, 3.8) is 0 Å². The van der Waals surface area contributed by atoms with Crippen molar-refractivity contribution in [2.24, 2.45) is 0 Å². The lowest BCUT2D eigenvalue weighted by molar-refractivity contribution is -0.0253. The van der Waals surface area contributed by atoms with E-state index in [-0.39, 0.29) is 11.0 Å². The zero-order chi connectivity index (χ0) is 13.8. The topological polar surface area (TPSA) is 29.5 Å². The second-order valence-electron chi connectivity index (χ2n) is 7.26. The van der Waals surface area contributed by atoms with Crippen molar-refractivity contribution in [2.75, 3.05) is 0 Å². The van der Waals surface area contributed by atoms with Gasteiger partial charge < -0.3 is 9.84 Å². The molecule has 0 amide bonds. The van der Waals surface area contributed by atoms with E-state index in [1.165, 1.54) is 24.8 Å². The number of hydrogen-bond donors (Lipinski definition) is 1. The van der Waals surface area contributed by atoms with Crippen LogP contribution in [0, 0.1) is 6.92 Å². The maximum atomic E-state index is 10.4. The van der Waals surface area contributed by atoms with Crippen molar-refractivity contribution in [1.29, 1.82) is 0 Å². The molecule has 1 fully saturated rings. The zero-order valence-electron chi connectivity index (χ0n) is 12.5. The third-order valence-electron chi connectivity index (χ3n) is 4.87. The standard InChI is InChI=1S/C17H24O2/c1-11-12-6-9-17(7-5-8-17)19-14(12)10-13(15(11)18)16(2,3)4/h10,18H,5-9H2,1-4H3. The molecule has 1 spiro atoms. The Kier molecular flexibility index (Phi) is 2.64. The first-order valence-electron chi connectivity index (χ1n) is 7.37. The van der Waals surface area contributed by atoms with Crippen LogP contribution in [0.1, 0.15) is 63.1 Å². The van der Waals surface area contributed by atoms with Crippen molar-refractivity contribution < 1.29 is 9.84 Å². The molecule has 0 saturated heterocycles. The largest absolute Gasteiger partial charge is 0.507 e. The summed E-state index contributed by atoms with van der Waals surface area (Å²) in [6.07, 6.45) is 5.82. The quantitative estimate of drug-likeness (QED) is 0.755. The molecular formula is C17H24O2. The number of rotatable bonds is 0. The average Bonchev–Trinajstić information content (AvgIpc) is 2.29. The average molecular weight is 260 g/mol. The fourth-order valence-corrected chi connectivity index (χ4v) is 3.35. The monoisotopic (exact) mass is 260 g/mol. The molecule has 0 aromatic heterocycles. The number of benzene rings is 1. The first-order chi connectivity index (χ1) is 8.82. The molecule has 1 aromatic carbocycles. The molecule has 2 heteroatoms. The fraction of sp³-hybridized carbons (Fsp3) is 0.647. The Labute approximate surface area is 115 Å². The Morgan fingerprint density at radius 3 is 2.42 bits per heavy atom. The molecule has 1 saturated carbocycles. The van der Waals surface area contributed by atoms with Crippen LogP contribution in [0.4, 0.5) is 0 Å². The van der Waals surface area contributed by atoms with E-state index in [1.54, 1.807) is 0 Å². The van der Waals surface area contributed by atoms with Gasteiger partial charge in [-0.1, -0.05) is 20.8 Å². The molecule has 1 aromatic rings. The van der Waals surface area contributed by atoms with Crippen LogP contribution in [-0.4, -0.2) is 10.7 Å². The van der Waals surface area contributed by atoms with Crippen LogP contribution < -0.4 is 4.74 Å². The summed E-state index contributed by atoms with van der Waals surface area (Å²) in [5.41, 5.74) is 3.28. The predicted molar refractivity (Wildman–Crippen MR) is 77.1 cm³/mol. The molecule has 1 N–H and O–H groups in total. The Hall–Kier alpha value is -1.18. The zero-order valence-corrected chi connectivity index (χ0v) is 12.5. The lowest BCUT2D eigenvalue weighted by atomic mass is 9.73. The van der Waals surface area contributed by atoms with Crippen molar-refractivity contribution in [3.05, 3.63) is 22.8 Å². The summed E-state index contributed by atoms with van der Waals surface area (Å²) in [7, 11) is 0. The van der Waals surface area contributed by atoms with Gasteiger partial charge in [-0.05, 0) is 56.1 Å². The molecule has 1 aliphatic carbocycles. The summed E-state index contributed by atoms with van der Waals surface area (Å²) in [5, 5.41) is 10.4. The highest BCUT2D eigenvalue weighted by atomic mass is 16.5. The predicted octanol–water partition coefficient (Wildman–Crippen LogP) is 4.25. The van der Waals surface area contributed by atoms with E-state index < -0.39 is 0 Å². The van der Waals surface area contributed by atoms with Crippen molar-refractivity contribution in [2.45, 2.75) is 70.8 Å². The number of phenols is 1. The summed E-state index contributed by atoms with van der Waals surface area (Å²) < 4.78 is 6.32. The first kappa shape index (κ1) is 12.8. The van der Waals surface area contributed by atoms with E-state index in [9.17, 15) is 5.11 Å². The summed E-state index contributed by atoms with van der Waals surface area (Å²) in [6, 6.07) is 2.08. The van der Waals surface area contributed by atoms with E-state index in [0.717, 1.165) is 29.7 Å². The summed E-state index contributed by atoms with van der Waals surface area (Å²) in [4.78, 5) is 0. The van der Waals surface area contributed by atoms with Crippen LogP contribution >= 0.6 is 0 Å². The van der Waals surface area contributed by atoms with Crippen LogP contribution in [0.2, 0.25) is 0 Å². The van der Waals surface area contributed by atoms with E-state index in [0.29, 0.717) is 5.75 Å². The molecule has 0 atom stereocenters. The molecule has 2 nitrogen and oxygen atoms in total. The summed E-state index contributed by atoms with van der Waals surface area (Å²) in [6.45, 7) is 8.42. The molecule has 0 unspecified atom stereocenters. The fourth-order valence-electron chi connectivity index (χ4n) is 3.35. The molecule has 0 radical (unpaired) electrons. The third-order valence-corrected chi connectivity index (χ3v) is 4.87. The highest BCUT2D eigenvalue weighted by Crippen LogP contribution is 2.48. The molecule has 19 heavy (non-hydrogen) atoms. The van der Waals surface area contributed by atoms with Gasteiger partial charge in [0.1, 0.15) is 17.1 Å². The van der Waals surface area contributed by atoms with E-state index in [2.05, 4.69) is 26.8 Å². The van der Waals surface area contributed by atoms with Crippen LogP contribution in [0.25, 0.3) is 0 Å². The molecule has 104 valence electrons. The third kappa shape index (κ3) is 1.92. The summed E-state index contributed by atoms with van der Waals surface area (Å²) >= 11 is 0. The second-order valence-corrected chi connectivity index (χ2v) is 7.26. The number of phenolic OH excluding ortho intramolecular Hbond substituents is 1. The Balaban J connectivity index is 2.09. The Bertz CT molecular complexity index is 519. The molecule has 1 aliphatic heterocycles. The maximum absolute atomic E-state index is 10.4. The normalized spacial score (nSPS) is 20.6. The minimum absolute atomic E-state index is 0.0581. The van der Waals surface area contributed by atoms with Crippen LogP contribution in [0.15, 0.2) is 6.07 Å². The number of aromatic hydroxyl groups is 1. The first-order valence-corrected chi connectivity index (χ1v) is 7.37. The van der Waals surface area contributed by atoms with Gasteiger partial charge in [-0.3, -0.25) is 0 Å². The number of hydrogen-bond acceptors (Lipinski definition) is 2. The second kappa shape index (κ2) is 3.91. The van der Waals surface area contributed by atoms with E-state index in [1.807, 2.05) is 6.92 Å². The van der Waals surface area contributed by atoms with Gasteiger partial charge in [-0.2, -0.15) is 0 Å².